The summed E-state index contributed by atoms with van der Waals surface area (Å²) in [6, 6.07) is 0. The van der Waals surface area contributed by atoms with Crippen molar-refractivity contribution in [3.63, 3.8) is 0 Å². The summed E-state index contributed by atoms with van der Waals surface area (Å²) < 4.78 is 0. The highest BCUT2D eigenvalue weighted by molar-refractivity contribution is 4.80. The first-order chi connectivity index (χ1) is 6.75. The molecule has 0 aromatic heterocycles. The predicted octanol–water partition coefficient (Wildman–Crippen LogP) is 0.579. The lowest BCUT2D eigenvalue weighted by Gasteiger charge is -2.41. The van der Waals surface area contributed by atoms with Gasteiger partial charge in [-0.1, -0.05) is 6.92 Å². The molecule has 82 valence electrons. The molecule has 3 heteroatoms. The molecule has 2 heterocycles. The maximum atomic E-state index is 3.62. The zero-order chi connectivity index (χ0) is 9.97. The molecule has 1 atom stereocenters. The predicted molar refractivity (Wildman–Crippen MR) is 59.3 cm³/mol. The van der Waals surface area contributed by atoms with Crippen molar-refractivity contribution in [1.29, 1.82) is 0 Å². The van der Waals surface area contributed by atoms with Crippen LogP contribution in [0.2, 0.25) is 0 Å². The molecule has 0 amide bonds. The van der Waals surface area contributed by atoms with Crippen molar-refractivity contribution in [2.24, 2.45) is 5.92 Å². The number of piperidine rings is 1. The Morgan fingerprint density at radius 2 is 1.86 bits per heavy atom. The lowest BCUT2D eigenvalue weighted by molar-refractivity contribution is 0.0686. The van der Waals surface area contributed by atoms with Crippen LogP contribution in [0.25, 0.3) is 0 Å². The first kappa shape index (κ1) is 10.4. The van der Waals surface area contributed by atoms with Gasteiger partial charge in [-0.05, 0) is 38.9 Å². The van der Waals surface area contributed by atoms with E-state index in [-0.39, 0.29) is 0 Å². The molecule has 0 radical (unpaired) electrons. The Labute approximate surface area is 87.4 Å². The van der Waals surface area contributed by atoms with Gasteiger partial charge in [0.15, 0.2) is 0 Å². The van der Waals surface area contributed by atoms with Gasteiger partial charge in [0.1, 0.15) is 0 Å². The molecule has 14 heavy (non-hydrogen) atoms. The highest BCUT2D eigenvalue weighted by atomic mass is 15.3. The summed E-state index contributed by atoms with van der Waals surface area (Å²) in [5, 5.41) is 3.62. The molecule has 1 N–H and O–H groups in total. The number of hydrogen-bond donors (Lipinski definition) is 1. The molecule has 2 aliphatic rings. The zero-order valence-corrected chi connectivity index (χ0v) is 9.50. The Balaban J connectivity index is 1.82. The second kappa shape index (κ2) is 4.60. The smallest absolute Gasteiger partial charge is 0.0728 e. The van der Waals surface area contributed by atoms with Gasteiger partial charge in [-0.25, -0.2) is 0 Å². The molecule has 0 bridgehead atoms. The van der Waals surface area contributed by atoms with Crippen LogP contribution < -0.4 is 5.32 Å². The average Bonchev–Trinajstić information content (AvgIpc) is 2.19. The van der Waals surface area contributed by atoms with E-state index in [1.807, 2.05) is 0 Å². The number of likely N-dealkylation sites (N-methyl/N-ethyl adjacent to an activating group) is 1. The van der Waals surface area contributed by atoms with E-state index in [4.69, 9.17) is 0 Å². The van der Waals surface area contributed by atoms with Gasteiger partial charge in [-0.3, -0.25) is 10.2 Å². The fourth-order valence-corrected chi connectivity index (χ4v) is 2.46. The summed E-state index contributed by atoms with van der Waals surface area (Å²) in [5.41, 5.74) is 0. The normalized spacial score (nSPS) is 33.4. The summed E-state index contributed by atoms with van der Waals surface area (Å²) in [6.45, 7) is 8.47. The zero-order valence-electron chi connectivity index (χ0n) is 9.50. The minimum absolute atomic E-state index is 0.612. The van der Waals surface area contributed by atoms with Crippen molar-refractivity contribution in [1.82, 2.24) is 15.1 Å². The topological polar surface area (TPSA) is 18.5 Å². The third kappa shape index (κ3) is 2.47. The summed E-state index contributed by atoms with van der Waals surface area (Å²) in [7, 11) is 2.22. The summed E-state index contributed by atoms with van der Waals surface area (Å²) in [4.78, 5) is 5.05. The molecular weight excluding hydrogens is 174 g/mol. The van der Waals surface area contributed by atoms with E-state index in [1.165, 1.54) is 39.0 Å². The highest BCUT2D eigenvalue weighted by Crippen LogP contribution is 2.18. The molecular formula is C11H23N3. The molecule has 2 saturated heterocycles. The Kier molecular flexibility index (Phi) is 3.42. The van der Waals surface area contributed by atoms with Gasteiger partial charge in [0, 0.05) is 19.6 Å². The van der Waals surface area contributed by atoms with Crippen LogP contribution >= 0.6 is 0 Å². The van der Waals surface area contributed by atoms with Crippen LogP contribution in [-0.2, 0) is 0 Å². The molecule has 1 unspecified atom stereocenters. The SMILES string of the molecule is CC1CCN(C2CN(C)CCN2)CC1. The van der Waals surface area contributed by atoms with Crippen molar-refractivity contribution >= 4 is 0 Å². The largest absolute Gasteiger partial charge is 0.302 e. The second-order valence-electron chi connectivity index (χ2n) is 4.95. The van der Waals surface area contributed by atoms with Crippen molar-refractivity contribution in [3.8, 4) is 0 Å². The molecule has 0 aliphatic carbocycles. The molecule has 0 aromatic rings. The molecule has 2 aliphatic heterocycles. The lowest BCUT2D eigenvalue weighted by atomic mass is 9.99. The first-order valence-electron chi connectivity index (χ1n) is 5.91. The first-order valence-corrected chi connectivity index (χ1v) is 5.91. The van der Waals surface area contributed by atoms with Crippen LogP contribution in [0.4, 0.5) is 0 Å². The molecule has 3 nitrogen and oxygen atoms in total. The number of rotatable bonds is 1. The Morgan fingerprint density at radius 3 is 2.50 bits per heavy atom. The van der Waals surface area contributed by atoms with Crippen molar-refractivity contribution < 1.29 is 0 Å². The van der Waals surface area contributed by atoms with Crippen molar-refractivity contribution in [2.75, 3.05) is 39.8 Å². The minimum Gasteiger partial charge on any atom is -0.302 e. The molecule has 0 spiro atoms. The Hall–Kier alpha value is -0.120. The summed E-state index contributed by atoms with van der Waals surface area (Å²) in [5.74, 6) is 0.938. The van der Waals surface area contributed by atoms with Gasteiger partial charge in [0.2, 0.25) is 0 Å². The lowest BCUT2D eigenvalue weighted by Crippen LogP contribution is -2.58. The number of nitrogens with zero attached hydrogens (tertiary/aromatic N) is 2. The Bertz CT molecular complexity index is 175. The van der Waals surface area contributed by atoms with Crippen LogP contribution in [0.1, 0.15) is 19.8 Å². The van der Waals surface area contributed by atoms with E-state index in [0.717, 1.165) is 12.5 Å². The van der Waals surface area contributed by atoms with Crippen LogP contribution in [0, 0.1) is 5.92 Å². The summed E-state index contributed by atoms with van der Waals surface area (Å²) in [6.07, 6.45) is 3.37. The molecule has 2 fully saturated rings. The monoisotopic (exact) mass is 197 g/mol. The van der Waals surface area contributed by atoms with E-state index in [1.54, 1.807) is 0 Å². The minimum atomic E-state index is 0.612. The van der Waals surface area contributed by atoms with Crippen LogP contribution in [0.3, 0.4) is 0 Å². The van der Waals surface area contributed by atoms with E-state index in [2.05, 4.69) is 29.1 Å². The second-order valence-corrected chi connectivity index (χ2v) is 4.95. The average molecular weight is 197 g/mol. The van der Waals surface area contributed by atoms with E-state index >= 15 is 0 Å². The summed E-state index contributed by atoms with van der Waals surface area (Å²) >= 11 is 0. The highest BCUT2D eigenvalue weighted by Gasteiger charge is 2.25. The number of likely N-dealkylation sites (tertiary alicyclic amines) is 1. The molecule has 0 saturated carbocycles. The maximum Gasteiger partial charge on any atom is 0.0728 e. The number of hydrogen-bond acceptors (Lipinski definition) is 3. The van der Waals surface area contributed by atoms with Gasteiger partial charge in [-0.2, -0.15) is 0 Å². The van der Waals surface area contributed by atoms with Gasteiger partial charge in [-0.15, -0.1) is 0 Å². The molecule has 2 rings (SSSR count). The third-order valence-electron chi connectivity index (χ3n) is 3.62. The Morgan fingerprint density at radius 1 is 1.14 bits per heavy atom. The molecule has 0 aromatic carbocycles. The fraction of sp³-hybridized carbons (Fsp3) is 1.00. The van der Waals surface area contributed by atoms with Crippen LogP contribution in [0.5, 0.6) is 0 Å². The van der Waals surface area contributed by atoms with Crippen molar-refractivity contribution in [2.45, 2.75) is 25.9 Å². The van der Waals surface area contributed by atoms with Gasteiger partial charge in [0.05, 0.1) is 6.17 Å². The quantitative estimate of drug-likeness (QED) is 0.663. The third-order valence-corrected chi connectivity index (χ3v) is 3.62. The fourth-order valence-electron chi connectivity index (χ4n) is 2.46. The van der Waals surface area contributed by atoms with Gasteiger partial charge < -0.3 is 4.90 Å². The standard InChI is InChI=1S/C11H23N3/c1-10-3-6-14(7-4-10)11-9-13(2)8-5-12-11/h10-12H,3-9H2,1-2H3. The van der Waals surface area contributed by atoms with E-state index in [9.17, 15) is 0 Å². The van der Waals surface area contributed by atoms with Crippen molar-refractivity contribution in [3.05, 3.63) is 0 Å². The van der Waals surface area contributed by atoms with E-state index < -0.39 is 0 Å². The van der Waals surface area contributed by atoms with Gasteiger partial charge in [0.25, 0.3) is 0 Å². The number of nitrogens with one attached hydrogen (secondary N) is 1. The van der Waals surface area contributed by atoms with E-state index in [0.29, 0.717) is 6.17 Å². The van der Waals surface area contributed by atoms with Gasteiger partial charge >= 0.3 is 0 Å². The maximum absolute atomic E-state index is 3.62. The number of piperazine rings is 1. The van der Waals surface area contributed by atoms with Crippen LogP contribution in [-0.4, -0.2) is 55.7 Å². The van der Waals surface area contributed by atoms with Crippen LogP contribution in [0.15, 0.2) is 0 Å².